The number of allylic oxidation sites excluding steroid dienone is 3. The Bertz CT molecular complexity index is 618. The molecule has 1 heterocycles. The molecule has 3 rings (SSSR count). The summed E-state index contributed by atoms with van der Waals surface area (Å²) in [5.41, 5.74) is 0.729. The molecule has 2 unspecified atom stereocenters. The first-order valence-electron chi connectivity index (χ1n) is 8.65. The van der Waals surface area contributed by atoms with Crippen LogP contribution in [-0.2, 0) is 14.2 Å². The van der Waals surface area contributed by atoms with Crippen molar-refractivity contribution in [3.63, 3.8) is 0 Å². The van der Waals surface area contributed by atoms with E-state index in [2.05, 4.69) is 6.92 Å². The maximum absolute atomic E-state index is 12.6. The fourth-order valence-electron chi connectivity index (χ4n) is 2.86. The van der Waals surface area contributed by atoms with E-state index in [1.54, 1.807) is 0 Å². The minimum atomic E-state index is -0.200. The third kappa shape index (κ3) is 4.06. The molecule has 0 radical (unpaired) electrons. The number of rotatable bonds is 7. The quantitative estimate of drug-likeness (QED) is 0.563. The lowest BCUT2D eigenvalue weighted by Gasteiger charge is -2.31. The van der Waals surface area contributed by atoms with E-state index in [-0.39, 0.29) is 17.8 Å². The van der Waals surface area contributed by atoms with Gasteiger partial charge in [0.2, 0.25) is 0 Å². The predicted octanol–water partition coefficient (Wildman–Crippen LogP) is 3.89. The van der Waals surface area contributed by atoms with Crippen molar-refractivity contribution in [3.05, 3.63) is 59.6 Å². The summed E-state index contributed by atoms with van der Waals surface area (Å²) < 4.78 is 17.4. The van der Waals surface area contributed by atoms with E-state index in [0.717, 1.165) is 36.5 Å². The largest absolute Gasteiger partial charge is 0.486 e. The summed E-state index contributed by atoms with van der Waals surface area (Å²) in [5.74, 6) is 1.43. The number of ketones is 1. The second kappa shape index (κ2) is 8.15. The van der Waals surface area contributed by atoms with Crippen LogP contribution in [0.5, 0.6) is 0 Å². The van der Waals surface area contributed by atoms with Gasteiger partial charge in [0.05, 0.1) is 6.61 Å². The number of unbranched alkanes of at least 4 members (excludes halogenated alkanes) is 1. The van der Waals surface area contributed by atoms with Crippen LogP contribution in [0.4, 0.5) is 0 Å². The number of hydrogen-bond donors (Lipinski definition) is 0. The molecule has 0 saturated heterocycles. The second-order valence-corrected chi connectivity index (χ2v) is 6.17. The maximum atomic E-state index is 12.6. The molecule has 1 aliphatic heterocycles. The number of benzene rings is 1. The molecule has 1 aliphatic carbocycles. The number of hydrogen-bond acceptors (Lipinski definition) is 4. The van der Waals surface area contributed by atoms with Crippen molar-refractivity contribution in [1.29, 1.82) is 0 Å². The third-order valence-electron chi connectivity index (χ3n) is 4.23. The molecule has 0 N–H and O–H groups in total. The molecule has 128 valence electrons. The molecule has 1 aromatic rings. The Labute approximate surface area is 143 Å². The molecule has 4 heteroatoms. The van der Waals surface area contributed by atoms with Crippen LogP contribution in [-0.4, -0.2) is 31.7 Å². The molecule has 2 atom stereocenters. The molecule has 4 nitrogen and oxygen atoms in total. The molecule has 0 saturated carbocycles. The van der Waals surface area contributed by atoms with Gasteiger partial charge in [0.25, 0.3) is 0 Å². The number of Topliss-reactive ketones (excluding diaryl/α,β-unsaturated/α-hetero) is 1. The first-order chi connectivity index (χ1) is 11.8. The third-order valence-corrected chi connectivity index (χ3v) is 4.23. The highest BCUT2D eigenvalue weighted by molar-refractivity contribution is 5.99. The highest BCUT2D eigenvalue weighted by Gasteiger charge is 2.30. The van der Waals surface area contributed by atoms with Crippen LogP contribution in [0.25, 0.3) is 0 Å². The van der Waals surface area contributed by atoms with Gasteiger partial charge in [-0.2, -0.15) is 0 Å². The summed E-state index contributed by atoms with van der Waals surface area (Å²) in [6.45, 7) is 3.90. The van der Waals surface area contributed by atoms with E-state index in [1.807, 2.05) is 42.5 Å². The number of carbonyl (C=O) groups is 1. The molecule has 0 aromatic heterocycles. The van der Waals surface area contributed by atoms with Gasteiger partial charge in [-0.05, 0) is 12.5 Å². The van der Waals surface area contributed by atoms with E-state index >= 15 is 0 Å². The van der Waals surface area contributed by atoms with Gasteiger partial charge < -0.3 is 14.2 Å². The van der Waals surface area contributed by atoms with E-state index in [0.29, 0.717) is 19.6 Å². The zero-order valence-corrected chi connectivity index (χ0v) is 14.1. The SMILES string of the molecule is CCCCOCC1COC2=C(CC(C(=O)c3ccccc3)C=C2)O1. The van der Waals surface area contributed by atoms with Crippen molar-refractivity contribution in [2.24, 2.45) is 5.92 Å². The van der Waals surface area contributed by atoms with Gasteiger partial charge in [-0.3, -0.25) is 4.79 Å². The zero-order chi connectivity index (χ0) is 16.8. The second-order valence-electron chi connectivity index (χ2n) is 6.17. The monoisotopic (exact) mass is 328 g/mol. The minimum Gasteiger partial charge on any atom is -0.486 e. The van der Waals surface area contributed by atoms with Gasteiger partial charge in [-0.15, -0.1) is 0 Å². The molecule has 1 aromatic carbocycles. The van der Waals surface area contributed by atoms with E-state index in [4.69, 9.17) is 14.2 Å². The summed E-state index contributed by atoms with van der Waals surface area (Å²) in [7, 11) is 0. The summed E-state index contributed by atoms with van der Waals surface area (Å²) in [4.78, 5) is 12.6. The van der Waals surface area contributed by atoms with Gasteiger partial charge in [-0.1, -0.05) is 49.8 Å². The average Bonchev–Trinajstić information content (AvgIpc) is 2.65. The first kappa shape index (κ1) is 16.8. The molecule has 24 heavy (non-hydrogen) atoms. The molecular weight excluding hydrogens is 304 g/mol. The first-order valence-corrected chi connectivity index (χ1v) is 8.65. The lowest BCUT2D eigenvalue weighted by Crippen LogP contribution is -2.32. The van der Waals surface area contributed by atoms with Crippen molar-refractivity contribution in [2.75, 3.05) is 19.8 Å². The molecule has 2 aliphatic rings. The van der Waals surface area contributed by atoms with Gasteiger partial charge in [-0.25, -0.2) is 0 Å². The Morgan fingerprint density at radius 3 is 2.92 bits per heavy atom. The van der Waals surface area contributed by atoms with Gasteiger partial charge in [0.1, 0.15) is 12.4 Å². The summed E-state index contributed by atoms with van der Waals surface area (Å²) in [6.07, 6.45) is 6.39. The lowest BCUT2D eigenvalue weighted by molar-refractivity contribution is -0.0521. The lowest BCUT2D eigenvalue weighted by atomic mass is 9.90. The summed E-state index contributed by atoms with van der Waals surface area (Å²) in [6, 6.07) is 9.38. The zero-order valence-electron chi connectivity index (χ0n) is 14.1. The highest BCUT2D eigenvalue weighted by Crippen LogP contribution is 2.31. The Hall–Kier alpha value is -2.07. The smallest absolute Gasteiger partial charge is 0.170 e. The minimum absolute atomic E-state index is 0.0976. The van der Waals surface area contributed by atoms with Crippen molar-refractivity contribution < 1.29 is 19.0 Å². The highest BCUT2D eigenvalue weighted by atomic mass is 16.6. The van der Waals surface area contributed by atoms with Crippen LogP contribution in [0.1, 0.15) is 36.5 Å². The van der Waals surface area contributed by atoms with Crippen LogP contribution in [0, 0.1) is 5.92 Å². The normalized spacial score (nSPS) is 22.5. The Morgan fingerprint density at radius 1 is 1.29 bits per heavy atom. The van der Waals surface area contributed by atoms with Crippen molar-refractivity contribution >= 4 is 5.78 Å². The summed E-state index contributed by atoms with van der Waals surface area (Å²) in [5, 5.41) is 0. The average molecular weight is 328 g/mol. The Morgan fingerprint density at radius 2 is 2.12 bits per heavy atom. The van der Waals surface area contributed by atoms with Crippen LogP contribution < -0.4 is 0 Å². The number of carbonyl (C=O) groups excluding carboxylic acids is 1. The van der Waals surface area contributed by atoms with E-state index in [9.17, 15) is 4.79 Å². The Balaban J connectivity index is 1.57. The summed E-state index contributed by atoms with van der Waals surface area (Å²) >= 11 is 0. The van der Waals surface area contributed by atoms with Gasteiger partial charge in [0.15, 0.2) is 17.6 Å². The van der Waals surface area contributed by atoms with Gasteiger partial charge >= 0.3 is 0 Å². The Kier molecular flexibility index (Phi) is 5.70. The van der Waals surface area contributed by atoms with Gasteiger partial charge in [0, 0.05) is 24.5 Å². The van der Waals surface area contributed by atoms with Crippen LogP contribution in [0.2, 0.25) is 0 Å². The fourth-order valence-corrected chi connectivity index (χ4v) is 2.86. The van der Waals surface area contributed by atoms with Crippen molar-refractivity contribution in [1.82, 2.24) is 0 Å². The van der Waals surface area contributed by atoms with Crippen LogP contribution >= 0.6 is 0 Å². The molecular formula is C20H24O4. The fraction of sp³-hybridized carbons (Fsp3) is 0.450. The molecule has 0 bridgehead atoms. The van der Waals surface area contributed by atoms with E-state index < -0.39 is 0 Å². The number of ether oxygens (including phenoxy) is 3. The maximum Gasteiger partial charge on any atom is 0.170 e. The molecule has 0 spiro atoms. The van der Waals surface area contributed by atoms with Crippen molar-refractivity contribution in [3.8, 4) is 0 Å². The topological polar surface area (TPSA) is 44.8 Å². The molecule has 0 amide bonds. The standard InChI is InChI=1S/C20H24O4/c1-2-3-11-22-13-17-14-23-18-10-9-16(12-19(18)24-17)20(21)15-7-5-4-6-8-15/h4-10,16-17H,2-3,11-14H2,1H3. The van der Waals surface area contributed by atoms with Crippen LogP contribution in [0.3, 0.4) is 0 Å². The van der Waals surface area contributed by atoms with Crippen molar-refractivity contribution in [2.45, 2.75) is 32.3 Å². The van der Waals surface area contributed by atoms with Crippen LogP contribution in [0.15, 0.2) is 54.0 Å². The molecule has 0 fully saturated rings. The predicted molar refractivity (Wildman–Crippen MR) is 91.6 cm³/mol. The van der Waals surface area contributed by atoms with E-state index in [1.165, 1.54) is 0 Å².